The number of benzene rings is 1. The van der Waals surface area contributed by atoms with Gasteiger partial charge in [0.1, 0.15) is 0 Å². The van der Waals surface area contributed by atoms with Crippen LogP contribution in [0.3, 0.4) is 0 Å². The molecule has 2 rings (SSSR count). The van der Waals surface area contributed by atoms with Crippen molar-refractivity contribution in [3.63, 3.8) is 0 Å². The summed E-state index contributed by atoms with van der Waals surface area (Å²) in [5.74, 6) is 0. The van der Waals surface area contributed by atoms with E-state index in [1.165, 1.54) is 16.7 Å². The van der Waals surface area contributed by atoms with Gasteiger partial charge in [-0.25, -0.2) is 0 Å². The molecule has 1 aliphatic rings. The van der Waals surface area contributed by atoms with Gasteiger partial charge < -0.3 is 4.74 Å². The Labute approximate surface area is 103 Å². The number of allylic oxidation sites excluding steroid dienone is 1. The van der Waals surface area contributed by atoms with Crippen LogP contribution in [-0.2, 0) is 4.74 Å². The fraction of sp³-hybridized carbons (Fsp3) is 0.250. The van der Waals surface area contributed by atoms with Crippen molar-refractivity contribution in [2.24, 2.45) is 0 Å². The minimum absolute atomic E-state index is 0.674. The van der Waals surface area contributed by atoms with Gasteiger partial charge in [-0.1, -0.05) is 48.6 Å². The lowest BCUT2D eigenvalue weighted by molar-refractivity contribution is 0.166. The lowest BCUT2D eigenvalue weighted by Crippen LogP contribution is -1.98. The monoisotopic (exact) mass is 226 g/mol. The minimum Gasteiger partial charge on any atom is -0.376 e. The maximum atomic E-state index is 5.60. The molecule has 1 aromatic carbocycles. The fourth-order valence-corrected chi connectivity index (χ4v) is 2.00. The average molecular weight is 226 g/mol. The summed E-state index contributed by atoms with van der Waals surface area (Å²) in [6.45, 7) is 7.57. The van der Waals surface area contributed by atoms with Gasteiger partial charge in [0.2, 0.25) is 0 Å². The highest BCUT2D eigenvalue weighted by Gasteiger charge is 2.09. The van der Waals surface area contributed by atoms with E-state index in [1.807, 2.05) is 18.2 Å². The van der Waals surface area contributed by atoms with Gasteiger partial charge >= 0.3 is 0 Å². The highest BCUT2D eigenvalue weighted by atomic mass is 16.5. The van der Waals surface area contributed by atoms with E-state index in [1.54, 1.807) is 0 Å². The van der Waals surface area contributed by atoms with Crippen LogP contribution in [-0.4, -0.2) is 13.2 Å². The second kappa shape index (κ2) is 5.65. The molecule has 1 nitrogen and oxygen atoms in total. The largest absolute Gasteiger partial charge is 0.376 e. The second-order valence-electron chi connectivity index (χ2n) is 4.32. The van der Waals surface area contributed by atoms with Gasteiger partial charge in [-0.2, -0.15) is 0 Å². The van der Waals surface area contributed by atoms with Gasteiger partial charge in [-0.3, -0.25) is 0 Å². The smallest absolute Gasteiger partial charge is 0.0722 e. The third-order valence-corrected chi connectivity index (χ3v) is 2.81. The third kappa shape index (κ3) is 3.18. The van der Waals surface area contributed by atoms with E-state index >= 15 is 0 Å². The Balaban J connectivity index is 2.34. The lowest BCUT2D eigenvalue weighted by atomic mass is 9.98. The summed E-state index contributed by atoms with van der Waals surface area (Å²) in [4.78, 5) is 0. The third-order valence-electron chi connectivity index (χ3n) is 2.81. The molecular weight excluding hydrogens is 208 g/mol. The molecule has 0 unspecified atom stereocenters. The Bertz CT molecular complexity index is 452. The predicted octanol–water partition coefficient (Wildman–Crippen LogP) is 3.99. The Morgan fingerprint density at radius 3 is 2.76 bits per heavy atom. The molecule has 0 saturated heterocycles. The second-order valence-corrected chi connectivity index (χ2v) is 4.32. The van der Waals surface area contributed by atoms with Crippen molar-refractivity contribution < 1.29 is 4.74 Å². The van der Waals surface area contributed by atoms with Gasteiger partial charge in [0.05, 0.1) is 13.2 Å². The quantitative estimate of drug-likeness (QED) is 0.740. The molecule has 0 fully saturated rings. The van der Waals surface area contributed by atoms with Crippen LogP contribution in [0.15, 0.2) is 59.7 Å². The molecule has 0 radical (unpaired) electrons. The average Bonchev–Trinajstić information content (AvgIpc) is 2.56. The summed E-state index contributed by atoms with van der Waals surface area (Å²) in [6, 6.07) is 10.3. The molecule has 17 heavy (non-hydrogen) atoms. The van der Waals surface area contributed by atoms with Gasteiger partial charge in [-0.05, 0) is 36.1 Å². The Morgan fingerprint density at radius 2 is 2.06 bits per heavy atom. The van der Waals surface area contributed by atoms with Crippen molar-refractivity contribution in [1.29, 1.82) is 0 Å². The topological polar surface area (TPSA) is 9.23 Å². The van der Waals surface area contributed by atoms with Crippen LogP contribution in [0.2, 0.25) is 0 Å². The van der Waals surface area contributed by atoms with Crippen molar-refractivity contribution in [3.8, 4) is 0 Å². The maximum Gasteiger partial charge on any atom is 0.0722 e. The van der Waals surface area contributed by atoms with Crippen molar-refractivity contribution in [1.82, 2.24) is 0 Å². The molecule has 0 atom stereocenters. The van der Waals surface area contributed by atoms with E-state index in [9.17, 15) is 0 Å². The van der Waals surface area contributed by atoms with Crippen molar-refractivity contribution >= 4 is 6.08 Å². The molecular formula is C16H18O. The summed E-state index contributed by atoms with van der Waals surface area (Å²) in [7, 11) is 0. The van der Waals surface area contributed by atoms with Gasteiger partial charge in [-0.15, -0.1) is 0 Å². The summed E-state index contributed by atoms with van der Waals surface area (Å²) >= 11 is 0. The van der Waals surface area contributed by atoms with E-state index < -0.39 is 0 Å². The van der Waals surface area contributed by atoms with E-state index in [0.29, 0.717) is 6.61 Å². The van der Waals surface area contributed by atoms with Crippen LogP contribution < -0.4 is 0 Å². The zero-order valence-electron chi connectivity index (χ0n) is 10.3. The van der Waals surface area contributed by atoms with Crippen LogP contribution in [0, 0.1) is 0 Å². The first-order chi connectivity index (χ1) is 8.27. The van der Waals surface area contributed by atoms with Crippen LogP contribution in [0.5, 0.6) is 0 Å². The van der Waals surface area contributed by atoms with Crippen molar-refractivity contribution in [2.75, 3.05) is 13.2 Å². The zero-order chi connectivity index (χ0) is 12.1. The zero-order valence-corrected chi connectivity index (χ0v) is 10.3. The maximum absolute atomic E-state index is 5.60. The molecule has 88 valence electrons. The van der Waals surface area contributed by atoms with Crippen LogP contribution in [0.25, 0.3) is 6.08 Å². The summed E-state index contributed by atoms with van der Waals surface area (Å²) in [5, 5.41) is 0. The van der Waals surface area contributed by atoms with Gasteiger partial charge in [0.15, 0.2) is 0 Å². The molecule has 0 aromatic heterocycles. The number of rotatable bonds is 2. The minimum atomic E-state index is 0.674. The molecule has 0 spiro atoms. The first-order valence-electron chi connectivity index (χ1n) is 5.97. The number of ether oxygens (including phenoxy) is 1. The highest BCUT2D eigenvalue weighted by Crippen LogP contribution is 2.23. The molecule has 0 bridgehead atoms. The number of hydrogen-bond donors (Lipinski definition) is 0. The molecule has 1 heterocycles. The molecule has 1 aromatic rings. The first kappa shape index (κ1) is 11.9. The molecule has 0 N–H and O–H groups in total. The summed E-state index contributed by atoms with van der Waals surface area (Å²) in [5.41, 5.74) is 4.78. The Morgan fingerprint density at radius 1 is 1.29 bits per heavy atom. The van der Waals surface area contributed by atoms with Crippen LogP contribution >= 0.6 is 0 Å². The fourth-order valence-electron chi connectivity index (χ4n) is 2.00. The lowest BCUT2D eigenvalue weighted by Gasteiger charge is -2.10. The van der Waals surface area contributed by atoms with Crippen LogP contribution in [0.4, 0.5) is 0 Å². The predicted molar refractivity (Wildman–Crippen MR) is 72.8 cm³/mol. The van der Waals surface area contributed by atoms with Crippen molar-refractivity contribution in [3.05, 3.63) is 65.3 Å². The van der Waals surface area contributed by atoms with E-state index in [-0.39, 0.29) is 0 Å². The standard InChI is InChI=1S/C16H18O/c1-13(2)16-9-6-10-17-12-15(16)11-14-7-4-3-5-8-14/h3-5,7-9,11H,1,6,10,12H2,2H3/b15-11+. The summed E-state index contributed by atoms with van der Waals surface area (Å²) < 4.78 is 5.60. The molecule has 0 saturated carbocycles. The van der Waals surface area contributed by atoms with E-state index in [0.717, 1.165) is 18.6 Å². The normalized spacial score (nSPS) is 18.6. The van der Waals surface area contributed by atoms with Gasteiger partial charge in [0.25, 0.3) is 0 Å². The van der Waals surface area contributed by atoms with Gasteiger partial charge in [0, 0.05) is 0 Å². The molecule has 0 amide bonds. The van der Waals surface area contributed by atoms with E-state index in [4.69, 9.17) is 4.74 Å². The first-order valence-corrected chi connectivity index (χ1v) is 5.97. The summed E-state index contributed by atoms with van der Waals surface area (Å²) in [6.07, 6.45) is 5.38. The van der Waals surface area contributed by atoms with Crippen molar-refractivity contribution in [2.45, 2.75) is 13.3 Å². The number of hydrogen-bond acceptors (Lipinski definition) is 1. The van der Waals surface area contributed by atoms with Crippen LogP contribution in [0.1, 0.15) is 18.9 Å². The molecule has 0 aliphatic carbocycles. The highest BCUT2D eigenvalue weighted by molar-refractivity contribution is 5.62. The Hall–Kier alpha value is -1.60. The Kier molecular flexibility index (Phi) is 3.94. The SMILES string of the molecule is C=C(C)C1=CCCOC/C1=C\c1ccccc1. The van der Waals surface area contributed by atoms with E-state index in [2.05, 4.69) is 37.8 Å². The molecule has 1 heteroatoms. The molecule has 1 aliphatic heterocycles.